The largest absolute Gasteiger partial charge is 0.376 e. The third kappa shape index (κ3) is 2.13. The van der Waals surface area contributed by atoms with Gasteiger partial charge in [0.05, 0.1) is 18.0 Å². The van der Waals surface area contributed by atoms with Crippen molar-refractivity contribution in [2.45, 2.75) is 44.2 Å². The van der Waals surface area contributed by atoms with Crippen LogP contribution in [-0.4, -0.2) is 27.2 Å². The van der Waals surface area contributed by atoms with E-state index in [1.165, 1.54) is 6.42 Å². The molecule has 2 aromatic heterocycles. The summed E-state index contributed by atoms with van der Waals surface area (Å²) in [5.41, 5.74) is 2.88. The maximum Gasteiger partial charge on any atom is 0.160 e. The van der Waals surface area contributed by atoms with Gasteiger partial charge in [0.2, 0.25) is 0 Å². The van der Waals surface area contributed by atoms with Gasteiger partial charge >= 0.3 is 0 Å². The van der Waals surface area contributed by atoms with E-state index in [0.717, 1.165) is 41.9 Å². The third-order valence-corrected chi connectivity index (χ3v) is 4.30. The molecule has 2 heterocycles. The van der Waals surface area contributed by atoms with Crippen LogP contribution in [0, 0.1) is 6.92 Å². The van der Waals surface area contributed by atoms with E-state index in [2.05, 4.69) is 20.6 Å². The molecule has 3 rings (SSSR count). The minimum absolute atomic E-state index is 0.0546. The van der Waals surface area contributed by atoms with Crippen molar-refractivity contribution in [2.75, 3.05) is 7.11 Å². The van der Waals surface area contributed by atoms with E-state index in [-0.39, 0.29) is 5.60 Å². The average Bonchev–Trinajstić information content (AvgIpc) is 2.70. The molecule has 1 aliphatic rings. The fraction of sp³-hybridized carbons (Fsp3) is 0.571. The van der Waals surface area contributed by atoms with E-state index in [1.807, 2.05) is 13.1 Å². The lowest BCUT2D eigenvalue weighted by Gasteiger charge is -2.40. The van der Waals surface area contributed by atoms with Gasteiger partial charge in [-0.15, -0.1) is 11.6 Å². The maximum absolute atomic E-state index is 6.02. The highest BCUT2D eigenvalue weighted by Crippen LogP contribution is 2.37. The molecule has 0 spiro atoms. The Morgan fingerprint density at radius 3 is 2.84 bits per heavy atom. The van der Waals surface area contributed by atoms with Gasteiger partial charge in [-0.1, -0.05) is 0 Å². The van der Waals surface area contributed by atoms with Crippen LogP contribution in [0.4, 0.5) is 0 Å². The molecule has 0 amide bonds. The van der Waals surface area contributed by atoms with Crippen molar-refractivity contribution in [3.8, 4) is 0 Å². The number of methoxy groups -OCH3 is 1. The zero-order valence-electron chi connectivity index (χ0n) is 11.3. The van der Waals surface area contributed by atoms with Crippen molar-refractivity contribution in [3.63, 3.8) is 0 Å². The summed E-state index contributed by atoms with van der Waals surface area (Å²) in [7, 11) is 1.79. The van der Waals surface area contributed by atoms with Crippen molar-refractivity contribution >= 4 is 22.8 Å². The second-order valence-corrected chi connectivity index (χ2v) is 5.61. The molecule has 0 atom stereocenters. The molecule has 4 nitrogen and oxygen atoms in total. The number of aromatic nitrogens is 3. The van der Waals surface area contributed by atoms with E-state index in [4.69, 9.17) is 16.3 Å². The van der Waals surface area contributed by atoms with Crippen LogP contribution in [0.25, 0.3) is 11.2 Å². The van der Waals surface area contributed by atoms with Crippen LogP contribution < -0.4 is 0 Å². The van der Waals surface area contributed by atoms with E-state index in [0.29, 0.717) is 5.88 Å². The predicted molar refractivity (Wildman–Crippen MR) is 75.4 cm³/mol. The van der Waals surface area contributed by atoms with Crippen LogP contribution in [0.5, 0.6) is 0 Å². The molecule has 5 heteroatoms. The van der Waals surface area contributed by atoms with Gasteiger partial charge in [0, 0.05) is 13.3 Å². The number of pyridine rings is 1. The van der Waals surface area contributed by atoms with Crippen molar-refractivity contribution in [1.82, 2.24) is 14.5 Å². The van der Waals surface area contributed by atoms with E-state index >= 15 is 0 Å². The van der Waals surface area contributed by atoms with Gasteiger partial charge in [-0.3, -0.25) is 0 Å². The van der Waals surface area contributed by atoms with Crippen LogP contribution in [-0.2, 0) is 17.2 Å². The smallest absolute Gasteiger partial charge is 0.160 e. The first kappa shape index (κ1) is 12.9. The Hall–Kier alpha value is -1.13. The molecular formula is C14H18ClN3O. The van der Waals surface area contributed by atoms with Crippen molar-refractivity contribution in [3.05, 3.63) is 23.7 Å². The lowest BCUT2D eigenvalue weighted by molar-refractivity contribution is -0.0832. The molecule has 2 aromatic rings. The molecule has 102 valence electrons. The fourth-order valence-corrected chi connectivity index (χ4v) is 2.92. The summed E-state index contributed by atoms with van der Waals surface area (Å²) >= 11 is 6.02. The number of rotatable bonds is 4. The molecule has 1 saturated carbocycles. The van der Waals surface area contributed by atoms with Gasteiger partial charge in [0.25, 0.3) is 0 Å². The van der Waals surface area contributed by atoms with Crippen LogP contribution in [0.2, 0.25) is 0 Å². The zero-order chi connectivity index (χ0) is 13.5. The SMILES string of the molecule is COC1(Cn2c(CCl)nc3cc(C)cnc32)CCC1. The van der Waals surface area contributed by atoms with E-state index < -0.39 is 0 Å². The number of aryl methyl sites for hydroxylation is 1. The number of alkyl halides is 1. The fourth-order valence-electron chi connectivity index (χ4n) is 2.71. The number of fused-ring (bicyclic) bond motifs is 1. The normalized spacial score (nSPS) is 17.6. The quantitative estimate of drug-likeness (QED) is 0.808. The van der Waals surface area contributed by atoms with Gasteiger partial charge in [0.15, 0.2) is 5.65 Å². The molecule has 0 radical (unpaired) electrons. The molecule has 19 heavy (non-hydrogen) atoms. The van der Waals surface area contributed by atoms with E-state index in [9.17, 15) is 0 Å². The Labute approximate surface area is 117 Å². The summed E-state index contributed by atoms with van der Waals surface area (Å²) in [6.07, 6.45) is 5.29. The first-order chi connectivity index (χ1) is 9.17. The lowest BCUT2D eigenvalue weighted by atomic mass is 9.80. The van der Waals surface area contributed by atoms with Gasteiger partial charge in [-0.05, 0) is 37.8 Å². The van der Waals surface area contributed by atoms with Crippen LogP contribution in [0.15, 0.2) is 12.3 Å². The summed E-state index contributed by atoms with van der Waals surface area (Å²) in [5.74, 6) is 1.27. The molecule has 0 N–H and O–H groups in total. The van der Waals surface area contributed by atoms with Crippen molar-refractivity contribution < 1.29 is 4.74 Å². The topological polar surface area (TPSA) is 39.9 Å². The highest BCUT2D eigenvalue weighted by Gasteiger charge is 2.38. The van der Waals surface area contributed by atoms with E-state index in [1.54, 1.807) is 7.11 Å². The van der Waals surface area contributed by atoms with Gasteiger partial charge in [-0.25, -0.2) is 9.97 Å². The predicted octanol–water partition coefficient (Wildman–Crippen LogP) is 3.05. The molecule has 0 saturated heterocycles. The number of halogens is 1. The summed E-state index contributed by atoms with van der Waals surface area (Å²) in [4.78, 5) is 9.09. The molecule has 0 aromatic carbocycles. The summed E-state index contributed by atoms with van der Waals surface area (Å²) in [6.45, 7) is 2.81. The third-order valence-electron chi connectivity index (χ3n) is 4.06. The number of hydrogen-bond donors (Lipinski definition) is 0. The average molecular weight is 280 g/mol. The van der Waals surface area contributed by atoms with Crippen LogP contribution in [0.3, 0.4) is 0 Å². The minimum Gasteiger partial charge on any atom is -0.376 e. The van der Waals surface area contributed by atoms with Crippen molar-refractivity contribution in [1.29, 1.82) is 0 Å². The second-order valence-electron chi connectivity index (χ2n) is 5.34. The number of hydrogen-bond acceptors (Lipinski definition) is 3. The molecule has 1 fully saturated rings. The first-order valence-corrected chi connectivity index (χ1v) is 7.14. The summed E-state index contributed by atoms with van der Waals surface area (Å²) < 4.78 is 7.82. The van der Waals surface area contributed by atoms with Gasteiger partial charge in [-0.2, -0.15) is 0 Å². The zero-order valence-corrected chi connectivity index (χ0v) is 12.1. The van der Waals surface area contributed by atoms with Crippen molar-refractivity contribution in [2.24, 2.45) is 0 Å². The highest BCUT2D eigenvalue weighted by molar-refractivity contribution is 6.16. The van der Waals surface area contributed by atoms with Crippen LogP contribution in [0.1, 0.15) is 30.7 Å². The number of imidazole rings is 1. The number of nitrogens with zero attached hydrogens (tertiary/aromatic N) is 3. The molecule has 0 bridgehead atoms. The first-order valence-electron chi connectivity index (χ1n) is 6.60. The summed E-state index contributed by atoms with van der Waals surface area (Å²) in [6, 6.07) is 2.05. The molecular weight excluding hydrogens is 262 g/mol. The maximum atomic E-state index is 6.02. The lowest BCUT2D eigenvalue weighted by Crippen LogP contribution is -2.43. The Kier molecular flexibility index (Phi) is 3.23. The Morgan fingerprint density at radius 1 is 1.47 bits per heavy atom. The monoisotopic (exact) mass is 279 g/mol. The standard InChI is InChI=1S/C14H18ClN3O/c1-10-6-11-13(16-8-10)18(12(7-15)17-11)9-14(19-2)4-3-5-14/h6,8H,3-5,7,9H2,1-2H3. The summed E-state index contributed by atoms with van der Waals surface area (Å²) in [5, 5.41) is 0. The second kappa shape index (κ2) is 4.76. The van der Waals surface area contributed by atoms with Gasteiger partial charge < -0.3 is 9.30 Å². The highest BCUT2D eigenvalue weighted by atomic mass is 35.5. The molecule has 0 unspecified atom stereocenters. The Bertz CT molecular complexity index is 598. The molecule has 1 aliphatic carbocycles. The Balaban J connectivity index is 2.05. The molecule has 0 aliphatic heterocycles. The number of ether oxygens (including phenoxy) is 1. The van der Waals surface area contributed by atoms with Gasteiger partial charge in [0.1, 0.15) is 11.3 Å². The van der Waals surface area contributed by atoms with Crippen LogP contribution >= 0.6 is 11.6 Å². The Morgan fingerprint density at radius 2 is 2.26 bits per heavy atom. The minimum atomic E-state index is -0.0546.